The normalized spacial score (nSPS) is 11.3. The van der Waals surface area contributed by atoms with Crippen LogP contribution in [0.15, 0.2) is 60.3 Å². The summed E-state index contributed by atoms with van der Waals surface area (Å²) < 4.78 is 5.34. The maximum absolute atomic E-state index is 12.3. The van der Waals surface area contributed by atoms with Gasteiger partial charge in [0, 0.05) is 6.92 Å². The van der Waals surface area contributed by atoms with Gasteiger partial charge in [0.1, 0.15) is 12.3 Å². The van der Waals surface area contributed by atoms with Crippen LogP contribution in [0.3, 0.4) is 0 Å². The summed E-state index contributed by atoms with van der Waals surface area (Å²) in [6.45, 7) is 5.77. The van der Waals surface area contributed by atoms with E-state index in [-0.39, 0.29) is 18.2 Å². The van der Waals surface area contributed by atoms with Crippen LogP contribution in [0.1, 0.15) is 43.4 Å². The topological polar surface area (TPSA) is 55.4 Å². The smallest absolute Gasteiger partial charge is 0.355 e. The second kappa shape index (κ2) is 8.83. The lowest BCUT2D eigenvalue weighted by atomic mass is 10.0. The quantitative estimate of drug-likeness (QED) is 0.639. The van der Waals surface area contributed by atoms with Crippen LogP contribution in [0.5, 0.6) is 0 Å². The average Bonchev–Trinajstić information content (AvgIpc) is 2.60. The summed E-state index contributed by atoms with van der Waals surface area (Å²) in [5, 5.41) is 2.54. The van der Waals surface area contributed by atoms with Gasteiger partial charge in [-0.1, -0.05) is 68.4 Å². The zero-order valence-corrected chi connectivity index (χ0v) is 14.8. The summed E-state index contributed by atoms with van der Waals surface area (Å²) in [4.78, 5) is 23.7. The largest absolute Gasteiger partial charge is 0.456 e. The number of nitrogens with one attached hydrogen (secondary N) is 1. The van der Waals surface area contributed by atoms with Gasteiger partial charge in [0.05, 0.1) is 0 Å². The summed E-state index contributed by atoms with van der Waals surface area (Å²) in [5.74, 6) is -0.427. The zero-order chi connectivity index (χ0) is 18.2. The van der Waals surface area contributed by atoms with E-state index in [9.17, 15) is 9.59 Å². The number of esters is 1. The first-order valence-corrected chi connectivity index (χ1v) is 8.26. The van der Waals surface area contributed by atoms with Crippen LogP contribution in [0.2, 0.25) is 0 Å². The number of rotatable bonds is 6. The summed E-state index contributed by atoms with van der Waals surface area (Å²) in [6, 6.07) is 17.2. The van der Waals surface area contributed by atoms with Crippen LogP contribution in [0.25, 0.3) is 6.08 Å². The number of hydrogen-bond donors (Lipinski definition) is 1. The molecule has 0 fully saturated rings. The SMILES string of the molecule is CC(=O)N/C(=C\c1ccccc1)C(=O)OCc1ccc(C(C)C)cc1. The van der Waals surface area contributed by atoms with E-state index in [1.54, 1.807) is 6.08 Å². The Morgan fingerprint density at radius 3 is 2.24 bits per heavy atom. The molecule has 0 aliphatic heterocycles. The van der Waals surface area contributed by atoms with Gasteiger partial charge in [0.25, 0.3) is 0 Å². The molecular weight excluding hydrogens is 314 g/mol. The van der Waals surface area contributed by atoms with Gasteiger partial charge in [-0.25, -0.2) is 4.79 Å². The predicted molar refractivity (Wildman–Crippen MR) is 98.6 cm³/mol. The van der Waals surface area contributed by atoms with Crippen LogP contribution < -0.4 is 5.32 Å². The molecule has 0 bridgehead atoms. The Hall–Kier alpha value is -2.88. The second-order valence-corrected chi connectivity index (χ2v) is 6.12. The second-order valence-electron chi connectivity index (χ2n) is 6.12. The standard InChI is InChI=1S/C21H23NO3/c1-15(2)19-11-9-18(10-12-19)14-25-21(24)20(22-16(3)23)13-17-7-5-4-6-8-17/h4-13,15H,14H2,1-3H3,(H,22,23)/b20-13-. The van der Waals surface area contributed by atoms with Crippen molar-refractivity contribution in [1.82, 2.24) is 5.32 Å². The van der Waals surface area contributed by atoms with Crippen molar-refractivity contribution in [3.05, 3.63) is 77.0 Å². The van der Waals surface area contributed by atoms with Crippen molar-refractivity contribution in [2.24, 2.45) is 0 Å². The van der Waals surface area contributed by atoms with Crippen molar-refractivity contribution < 1.29 is 14.3 Å². The first-order valence-electron chi connectivity index (χ1n) is 8.26. The third-order valence-corrected chi connectivity index (χ3v) is 3.66. The summed E-state index contributed by atoms with van der Waals surface area (Å²) in [7, 11) is 0. The molecule has 4 heteroatoms. The van der Waals surface area contributed by atoms with Crippen LogP contribution in [0, 0.1) is 0 Å². The Bertz CT molecular complexity index is 746. The molecular formula is C21H23NO3. The molecule has 25 heavy (non-hydrogen) atoms. The molecule has 0 aromatic heterocycles. The molecule has 130 valence electrons. The number of carbonyl (C=O) groups is 2. The lowest BCUT2D eigenvalue weighted by Gasteiger charge is -2.10. The summed E-state index contributed by atoms with van der Waals surface area (Å²) in [5.41, 5.74) is 3.07. The zero-order valence-electron chi connectivity index (χ0n) is 14.8. The lowest BCUT2D eigenvalue weighted by molar-refractivity contribution is -0.141. The lowest BCUT2D eigenvalue weighted by Crippen LogP contribution is -2.26. The molecule has 0 saturated heterocycles. The molecule has 0 unspecified atom stereocenters. The third kappa shape index (κ3) is 5.92. The van der Waals surface area contributed by atoms with E-state index in [1.165, 1.54) is 12.5 Å². The van der Waals surface area contributed by atoms with Crippen LogP contribution in [-0.4, -0.2) is 11.9 Å². The Balaban J connectivity index is 2.06. The molecule has 0 heterocycles. The fraction of sp³-hybridized carbons (Fsp3) is 0.238. The van der Waals surface area contributed by atoms with Crippen molar-refractivity contribution in [2.75, 3.05) is 0 Å². The van der Waals surface area contributed by atoms with E-state index in [4.69, 9.17) is 4.74 Å². The number of amides is 1. The predicted octanol–water partition coefficient (Wildman–Crippen LogP) is 4.03. The third-order valence-electron chi connectivity index (χ3n) is 3.66. The maximum atomic E-state index is 12.3. The number of ether oxygens (including phenoxy) is 1. The van der Waals surface area contributed by atoms with Gasteiger partial charge in [0.2, 0.25) is 5.91 Å². The van der Waals surface area contributed by atoms with Gasteiger partial charge < -0.3 is 10.1 Å². The van der Waals surface area contributed by atoms with E-state index in [0.29, 0.717) is 5.92 Å². The fourth-order valence-corrected chi connectivity index (χ4v) is 2.28. The monoisotopic (exact) mass is 337 g/mol. The minimum Gasteiger partial charge on any atom is -0.456 e. The number of carbonyl (C=O) groups excluding carboxylic acids is 2. The molecule has 0 spiro atoms. The molecule has 0 saturated carbocycles. The van der Waals surface area contributed by atoms with E-state index in [0.717, 1.165) is 11.1 Å². The Labute approximate surface area is 148 Å². The Morgan fingerprint density at radius 1 is 1.04 bits per heavy atom. The van der Waals surface area contributed by atoms with Crippen molar-refractivity contribution in [3.63, 3.8) is 0 Å². The van der Waals surface area contributed by atoms with E-state index >= 15 is 0 Å². The highest BCUT2D eigenvalue weighted by molar-refractivity contribution is 5.97. The van der Waals surface area contributed by atoms with Crippen molar-refractivity contribution in [2.45, 2.75) is 33.3 Å². The minimum absolute atomic E-state index is 0.123. The number of hydrogen-bond acceptors (Lipinski definition) is 3. The fourth-order valence-electron chi connectivity index (χ4n) is 2.28. The van der Waals surface area contributed by atoms with Gasteiger partial charge in [-0.3, -0.25) is 4.79 Å². The highest BCUT2D eigenvalue weighted by atomic mass is 16.5. The molecule has 0 atom stereocenters. The summed E-state index contributed by atoms with van der Waals surface area (Å²) in [6.07, 6.45) is 1.60. The molecule has 1 N–H and O–H groups in total. The first-order chi connectivity index (χ1) is 12.0. The molecule has 2 aromatic rings. The van der Waals surface area contributed by atoms with Gasteiger partial charge >= 0.3 is 5.97 Å². The van der Waals surface area contributed by atoms with Crippen molar-refractivity contribution in [1.29, 1.82) is 0 Å². The highest BCUT2D eigenvalue weighted by Gasteiger charge is 2.13. The van der Waals surface area contributed by atoms with Gasteiger partial charge in [-0.2, -0.15) is 0 Å². The minimum atomic E-state index is -0.563. The molecule has 0 aliphatic carbocycles. The Kier molecular flexibility index (Phi) is 6.52. The Morgan fingerprint density at radius 2 is 1.68 bits per heavy atom. The molecule has 0 aliphatic rings. The van der Waals surface area contributed by atoms with E-state index in [1.807, 2.05) is 54.6 Å². The molecule has 1 amide bonds. The molecule has 4 nitrogen and oxygen atoms in total. The van der Waals surface area contributed by atoms with E-state index < -0.39 is 5.97 Å². The van der Waals surface area contributed by atoms with Crippen molar-refractivity contribution >= 4 is 18.0 Å². The first kappa shape index (κ1) is 18.5. The van der Waals surface area contributed by atoms with Gasteiger partial charge in [-0.05, 0) is 28.7 Å². The number of benzene rings is 2. The molecule has 2 aromatic carbocycles. The maximum Gasteiger partial charge on any atom is 0.355 e. The van der Waals surface area contributed by atoms with Gasteiger partial charge in [0.15, 0.2) is 0 Å². The van der Waals surface area contributed by atoms with Crippen LogP contribution in [-0.2, 0) is 20.9 Å². The van der Waals surface area contributed by atoms with E-state index in [2.05, 4.69) is 19.2 Å². The van der Waals surface area contributed by atoms with Crippen molar-refractivity contribution in [3.8, 4) is 0 Å². The van der Waals surface area contributed by atoms with Gasteiger partial charge in [-0.15, -0.1) is 0 Å². The average molecular weight is 337 g/mol. The molecule has 0 radical (unpaired) electrons. The highest BCUT2D eigenvalue weighted by Crippen LogP contribution is 2.15. The van der Waals surface area contributed by atoms with Crippen LogP contribution >= 0.6 is 0 Å². The molecule has 2 rings (SSSR count). The summed E-state index contributed by atoms with van der Waals surface area (Å²) >= 11 is 0. The van der Waals surface area contributed by atoms with Crippen LogP contribution in [0.4, 0.5) is 0 Å².